The van der Waals surface area contributed by atoms with E-state index >= 15 is 0 Å². The number of amides is 1. The van der Waals surface area contributed by atoms with Gasteiger partial charge in [0.1, 0.15) is 0 Å². The smallest absolute Gasteiger partial charge is 0.223 e. The lowest BCUT2D eigenvalue weighted by molar-refractivity contribution is -0.114. The summed E-state index contributed by atoms with van der Waals surface area (Å²) in [7, 11) is 0. The van der Waals surface area contributed by atoms with Gasteiger partial charge in [-0.3, -0.25) is 9.69 Å². The first-order chi connectivity index (χ1) is 11.1. The van der Waals surface area contributed by atoms with Crippen LogP contribution in [0.4, 0.5) is 5.13 Å². The predicted molar refractivity (Wildman–Crippen MR) is 93.3 cm³/mol. The summed E-state index contributed by atoms with van der Waals surface area (Å²) in [5.74, 6) is -0.110. The van der Waals surface area contributed by atoms with Crippen molar-refractivity contribution in [1.82, 2.24) is 9.88 Å². The highest BCUT2D eigenvalue weighted by molar-refractivity contribution is 7.13. The first kappa shape index (κ1) is 17.6. The van der Waals surface area contributed by atoms with Gasteiger partial charge in [-0.2, -0.15) is 0 Å². The van der Waals surface area contributed by atoms with Crippen molar-refractivity contribution in [3.63, 3.8) is 0 Å². The van der Waals surface area contributed by atoms with Crippen LogP contribution in [0.5, 0.6) is 0 Å². The second kappa shape index (κ2) is 8.76. The van der Waals surface area contributed by atoms with Crippen LogP contribution in [0.25, 0.3) is 0 Å². The maximum Gasteiger partial charge on any atom is 0.223 e. The van der Waals surface area contributed by atoms with E-state index in [0.717, 1.165) is 18.7 Å². The Kier molecular flexibility index (Phi) is 6.70. The summed E-state index contributed by atoms with van der Waals surface area (Å²) in [5, 5.41) is 14.5. The van der Waals surface area contributed by atoms with Gasteiger partial charge >= 0.3 is 0 Å². The number of aromatic nitrogens is 1. The molecule has 2 aromatic rings. The third-order valence-corrected chi connectivity index (χ3v) is 4.41. The van der Waals surface area contributed by atoms with Crippen molar-refractivity contribution in [2.24, 2.45) is 0 Å². The molecule has 0 fully saturated rings. The van der Waals surface area contributed by atoms with E-state index in [9.17, 15) is 9.90 Å². The van der Waals surface area contributed by atoms with Gasteiger partial charge in [-0.1, -0.05) is 30.3 Å². The summed E-state index contributed by atoms with van der Waals surface area (Å²) in [4.78, 5) is 17.8. The summed E-state index contributed by atoms with van der Waals surface area (Å²) >= 11 is 1.43. The van der Waals surface area contributed by atoms with Gasteiger partial charge in [-0.15, -0.1) is 11.3 Å². The minimum absolute atomic E-state index is 0.110. The van der Waals surface area contributed by atoms with Gasteiger partial charge in [0.2, 0.25) is 5.91 Å². The van der Waals surface area contributed by atoms with Gasteiger partial charge in [0.15, 0.2) is 5.13 Å². The molecular formula is C17H23N3O2S. The second-order valence-corrected chi connectivity index (χ2v) is 6.44. The van der Waals surface area contributed by atoms with Crippen molar-refractivity contribution in [3.8, 4) is 0 Å². The fourth-order valence-corrected chi connectivity index (χ4v) is 3.10. The van der Waals surface area contributed by atoms with E-state index in [1.54, 1.807) is 0 Å². The molecule has 0 radical (unpaired) electrons. The Morgan fingerprint density at radius 2 is 2.09 bits per heavy atom. The van der Waals surface area contributed by atoms with E-state index in [2.05, 4.69) is 34.3 Å². The minimum Gasteiger partial charge on any atom is -0.396 e. The van der Waals surface area contributed by atoms with Gasteiger partial charge in [0.05, 0.1) is 5.69 Å². The van der Waals surface area contributed by atoms with Gasteiger partial charge in [0.25, 0.3) is 0 Å². The highest BCUT2D eigenvalue weighted by Gasteiger charge is 2.16. The zero-order valence-corrected chi connectivity index (χ0v) is 14.3. The summed E-state index contributed by atoms with van der Waals surface area (Å²) in [6.45, 7) is 5.24. The number of hydrogen-bond acceptors (Lipinski definition) is 5. The first-order valence-corrected chi connectivity index (χ1v) is 8.57. The monoisotopic (exact) mass is 333 g/mol. The number of carbonyl (C=O) groups is 1. The lowest BCUT2D eigenvalue weighted by atomic mass is 10.1. The zero-order chi connectivity index (χ0) is 16.7. The number of aliphatic hydroxyl groups excluding tert-OH is 1. The summed E-state index contributed by atoms with van der Waals surface area (Å²) < 4.78 is 0. The zero-order valence-electron chi connectivity index (χ0n) is 13.5. The number of rotatable bonds is 8. The largest absolute Gasteiger partial charge is 0.396 e. The minimum atomic E-state index is -0.110. The molecule has 124 valence electrons. The van der Waals surface area contributed by atoms with E-state index in [-0.39, 0.29) is 18.6 Å². The topological polar surface area (TPSA) is 65.5 Å². The Balaban J connectivity index is 2.07. The fourth-order valence-electron chi connectivity index (χ4n) is 2.35. The molecule has 6 heteroatoms. The first-order valence-electron chi connectivity index (χ1n) is 7.69. The number of benzene rings is 1. The number of hydrogen-bond donors (Lipinski definition) is 2. The van der Waals surface area contributed by atoms with E-state index in [1.807, 2.05) is 23.6 Å². The number of aliphatic hydroxyl groups is 1. The van der Waals surface area contributed by atoms with Crippen LogP contribution in [0.3, 0.4) is 0 Å². The molecule has 0 aliphatic carbocycles. The van der Waals surface area contributed by atoms with E-state index in [0.29, 0.717) is 11.7 Å². The van der Waals surface area contributed by atoms with Crippen molar-refractivity contribution in [3.05, 3.63) is 47.0 Å². The quantitative estimate of drug-likeness (QED) is 0.779. The SMILES string of the molecule is CC(=O)Nc1nc(CN(Cc2ccccc2)C(C)CCO)cs1. The molecule has 5 nitrogen and oxygen atoms in total. The Labute approximate surface area is 141 Å². The molecule has 1 heterocycles. The molecule has 1 atom stereocenters. The maximum atomic E-state index is 11.1. The third kappa shape index (κ3) is 5.74. The molecule has 2 N–H and O–H groups in total. The Morgan fingerprint density at radius 1 is 1.35 bits per heavy atom. The van der Waals surface area contributed by atoms with Crippen LogP contribution in [0.1, 0.15) is 31.5 Å². The highest BCUT2D eigenvalue weighted by atomic mass is 32.1. The molecule has 0 aliphatic rings. The van der Waals surface area contributed by atoms with Crippen LogP contribution in [0.2, 0.25) is 0 Å². The molecule has 0 bridgehead atoms. The van der Waals surface area contributed by atoms with E-state index in [1.165, 1.54) is 23.8 Å². The average molecular weight is 333 g/mol. The fraction of sp³-hybridized carbons (Fsp3) is 0.412. The molecule has 1 amide bonds. The predicted octanol–water partition coefficient (Wildman–Crippen LogP) is 2.87. The normalized spacial score (nSPS) is 12.3. The number of nitrogens with one attached hydrogen (secondary N) is 1. The Hall–Kier alpha value is -1.76. The van der Waals surface area contributed by atoms with Gasteiger partial charge in [-0.25, -0.2) is 4.98 Å². The molecule has 1 unspecified atom stereocenters. The van der Waals surface area contributed by atoms with Crippen molar-refractivity contribution in [2.75, 3.05) is 11.9 Å². The molecule has 0 saturated carbocycles. The number of nitrogens with zero attached hydrogens (tertiary/aromatic N) is 2. The molecular weight excluding hydrogens is 310 g/mol. The molecule has 1 aromatic carbocycles. The Morgan fingerprint density at radius 3 is 2.74 bits per heavy atom. The molecule has 23 heavy (non-hydrogen) atoms. The Bertz CT molecular complexity index is 615. The molecule has 0 saturated heterocycles. The number of anilines is 1. The van der Waals surface area contributed by atoms with Crippen LogP contribution in [-0.4, -0.2) is 33.5 Å². The van der Waals surface area contributed by atoms with Crippen molar-refractivity contribution < 1.29 is 9.90 Å². The highest BCUT2D eigenvalue weighted by Crippen LogP contribution is 2.19. The number of thiazole rings is 1. The summed E-state index contributed by atoms with van der Waals surface area (Å²) in [5.41, 5.74) is 2.16. The third-order valence-electron chi connectivity index (χ3n) is 3.60. The van der Waals surface area contributed by atoms with E-state index in [4.69, 9.17) is 0 Å². The van der Waals surface area contributed by atoms with Gasteiger partial charge < -0.3 is 10.4 Å². The maximum absolute atomic E-state index is 11.1. The van der Waals surface area contributed by atoms with Crippen LogP contribution >= 0.6 is 11.3 Å². The number of carbonyl (C=O) groups excluding carboxylic acids is 1. The van der Waals surface area contributed by atoms with Crippen molar-refractivity contribution in [2.45, 2.75) is 39.4 Å². The standard InChI is InChI=1S/C17H23N3O2S/c1-13(8-9-21)20(10-15-6-4-3-5-7-15)11-16-12-23-17(19-16)18-14(2)22/h3-7,12-13,21H,8-11H2,1-2H3,(H,18,19,22). The van der Waals surface area contributed by atoms with E-state index < -0.39 is 0 Å². The van der Waals surface area contributed by atoms with Crippen LogP contribution in [-0.2, 0) is 17.9 Å². The molecule has 0 aliphatic heterocycles. The van der Waals surface area contributed by atoms with Gasteiger partial charge in [-0.05, 0) is 18.9 Å². The average Bonchev–Trinajstić information content (AvgIpc) is 2.94. The molecule has 0 spiro atoms. The lowest BCUT2D eigenvalue weighted by Gasteiger charge is -2.28. The van der Waals surface area contributed by atoms with Gasteiger partial charge in [0, 0.05) is 38.0 Å². The van der Waals surface area contributed by atoms with Crippen molar-refractivity contribution in [1.29, 1.82) is 0 Å². The lowest BCUT2D eigenvalue weighted by Crippen LogP contribution is -2.33. The summed E-state index contributed by atoms with van der Waals surface area (Å²) in [6.07, 6.45) is 0.718. The summed E-state index contributed by atoms with van der Waals surface area (Å²) in [6, 6.07) is 10.5. The van der Waals surface area contributed by atoms with Crippen LogP contribution < -0.4 is 5.32 Å². The second-order valence-electron chi connectivity index (χ2n) is 5.58. The molecule has 1 aromatic heterocycles. The van der Waals surface area contributed by atoms with Crippen LogP contribution in [0, 0.1) is 0 Å². The molecule has 2 rings (SSSR count). The van der Waals surface area contributed by atoms with Crippen LogP contribution in [0.15, 0.2) is 35.7 Å². The van der Waals surface area contributed by atoms with Crippen molar-refractivity contribution >= 4 is 22.4 Å².